The van der Waals surface area contributed by atoms with E-state index in [1.807, 2.05) is 30.3 Å². The van der Waals surface area contributed by atoms with Crippen molar-refractivity contribution in [3.05, 3.63) is 42.0 Å². The first-order chi connectivity index (χ1) is 9.83. The minimum Gasteiger partial charge on any atom is -0.396 e. The Kier molecular flexibility index (Phi) is 3.58. The predicted octanol–water partition coefficient (Wildman–Crippen LogP) is 2.92. The van der Waals surface area contributed by atoms with Crippen LogP contribution in [0, 0.1) is 17.2 Å². The zero-order chi connectivity index (χ0) is 13.9. The quantitative estimate of drug-likeness (QED) is 0.909. The van der Waals surface area contributed by atoms with E-state index < -0.39 is 0 Å². The van der Waals surface area contributed by atoms with E-state index in [2.05, 4.69) is 17.0 Å². The van der Waals surface area contributed by atoms with Crippen LogP contribution < -0.4 is 4.90 Å². The van der Waals surface area contributed by atoms with Gasteiger partial charge in [-0.2, -0.15) is 5.26 Å². The van der Waals surface area contributed by atoms with Crippen molar-refractivity contribution in [1.82, 2.24) is 0 Å². The van der Waals surface area contributed by atoms with E-state index in [-0.39, 0.29) is 6.61 Å². The summed E-state index contributed by atoms with van der Waals surface area (Å²) in [7, 11) is 0. The summed E-state index contributed by atoms with van der Waals surface area (Å²) in [6.45, 7) is 2.17. The molecule has 0 unspecified atom stereocenters. The molecule has 20 heavy (non-hydrogen) atoms. The van der Waals surface area contributed by atoms with Crippen molar-refractivity contribution in [3.8, 4) is 6.07 Å². The van der Waals surface area contributed by atoms with Crippen LogP contribution in [0.2, 0.25) is 0 Å². The van der Waals surface area contributed by atoms with Crippen LogP contribution in [0.4, 0.5) is 5.69 Å². The SMILES string of the molecule is N#Cc1ccc(N2CCC[C@H](CO)C2)c2ccccc12. The maximum Gasteiger partial charge on any atom is 0.0998 e. The van der Waals surface area contributed by atoms with Crippen LogP contribution in [0.1, 0.15) is 18.4 Å². The molecule has 0 bridgehead atoms. The first-order valence-electron chi connectivity index (χ1n) is 7.11. The number of rotatable bonds is 2. The highest BCUT2D eigenvalue weighted by Gasteiger charge is 2.21. The Hall–Kier alpha value is -2.05. The lowest BCUT2D eigenvalue weighted by atomic mass is 9.96. The van der Waals surface area contributed by atoms with Crippen molar-refractivity contribution < 1.29 is 5.11 Å². The van der Waals surface area contributed by atoms with Crippen LogP contribution in [0.25, 0.3) is 10.8 Å². The van der Waals surface area contributed by atoms with E-state index in [4.69, 9.17) is 0 Å². The summed E-state index contributed by atoms with van der Waals surface area (Å²) in [6.07, 6.45) is 2.21. The highest BCUT2D eigenvalue weighted by molar-refractivity contribution is 5.97. The molecular formula is C17H18N2O. The molecule has 0 amide bonds. The third kappa shape index (κ3) is 2.23. The molecule has 0 spiro atoms. The average Bonchev–Trinajstić information content (AvgIpc) is 2.54. The molecule has 1 aliphatic heterocycles. The van der Waals surface area contributed by atoms with Crippen molar-refractivity contribution in [2.24, 2.45) is 5.92 Å². The predicted molar refractivity (Wildman–Crippen MR) is 80.7 cm³/mol. The highest BCUT2D eigenvalue weighted by Crippen LogP contribution is 2.32. The lowest BCUT2D eigenvalue weighted by molar-refractivity contribution is 0.209. The summed E-state index contributed by atoms with van der Waals surface area (Å²) >= 11 is 0. The van der Waals surface area contributed by atoms with E-state index >= 15 is 0 Å². The minimum atomic E-state index is 0.255. The molecule has 0 radical (unpaired) electrons. The Morgan fingerprint density at radius 1 is 1.20 bits per heavy atom. The molecule has 0 aliphatic carbocycles. The van der Waals surface area contributed by atoms with Crippen molar-refractivity contribution in [3.63, 3.8) is 0 Å². The normalized spacial score (nSPS) is 19.0. The molecule has 1 fully saturated rings. The number of hydrogen-bond donors (Lipinski definition) is 1. The Morgan fingerprint density at radius 3 is 2.75 bits per heavy atom. The Bertz CT molecular complexity index is 660. The van der Waals surface area contributed by atoms with Crippen LogP contribution in [0.3, 0.4) is 0 Å². The summed E-state index contributed by atoms with van der Waals surface area (Å²) in [5, 5.41) is 20.7. The van der Waals surface area contributed by atoms with Gasteiger partial charge in [0.1, 0.15) is 0 Å². The van der Waals surface area contributed by atoms with Crippen LogP contribution in [0.5, 0.6) is 0 Å². The minimum absolute atomic E-state index is 0.255. The number of nitrogens with zero attached hydrogens (tertiary/aromatic N) is 2. The molecule has 1 saturated heterocycles. The van der Waals surface area contributed by atoms with Gasteiger partial charge in [0.15, 0.2) is 0 Å². The number of piperidine rings is 1. The smallest absolute Gasteiger partial charge is 0.0998 e. The number of aliphatic hydroxyl groups excluding tert-OH is 1. The molecule has 2 aromatic rings. The second-order valence-corrected chi connectivity index (χ2v) is 5.43. The van der Waals surface area contributed by atoms with Crippen molar-refractivity contribution in [2.75, 3.05) is 24.6 Å². The highest BCUT2D eigenvalue weighted by atomic mass is 16.3. The van der Waals surface area contributed by atoms with Gasteiger partial charge in [-0.15, -0.1) is 0 Å². The molecule has 3 nitrogen and oxygen atoms in total. The fourth-order valence-corrected chi connectivity index (χ4v) is 3.09. The van der Waals surface area contributed by atoms with Crippen LogP contribution >= 0.6 is 0 Å². The van der Waals surface area contributed by atoms with E-state index in [0.29, 0.717) is 5.92 Å². The van der Waals surface area contributed by atoms with Gasteiger partial charge in [-0.25, -0.2) is 0 Å². The van der Waals surface area contributed by atoms with Crippen LogP contribution in [-0.2, 0) is 0 Å². The molecule has 3 rings (SSSR count). The fourth-order valence-electron chi connectivity index (χ4n) is 3.09. The second-order valence-electron chi connectivity index (χ2n) is 5.43. The van der Waals surface area contributed by atoms with Gasteiger partial charge in [0.25, 0.3) is 0 Å². The van der Waals surface area contributed by atoms with E-state index in [9.17, 15) is 10.4 Å². The fraction of sp³-hybridized carbons (Fsp3) is 0.353. The molecule has 2 aromatic carbocycles. The van der Waals surface area contributed by atoms with Gasteiger partial charge in [-0.1, -0.05) is 24.3 Å². The lowest BCUT2D eigenvalue weighted by Gasteiger charge is -2.34. The largest absolute Gasteiger partial charge is 0.396 e. The van der Waals surface area contributed by atoms with Gasteiger partial charge >= 0.3 is 0 Å². The maximum atomic E-state index is 9.38. The Balaban J connectivity index is 2.06. The first kappa shape index (κ1) is 13.0. The molecule has 102 valence electrons. The zero-order valence-corrected chi connectivity index (χ0v) is 11.4. The standard InChI is InChI=1S/C17H18N2O/c18-10-14-7-8-17(16-6-2-1-5-15(14)16)19-9-3-4-13(11-19)12-20/h1-2,5-8,13,20H,3-4,9,11-12H2/t13-/m0/s1. The van der Waals surface area contributed by atoms with Gasteiger partial charge in [0.05, 0.1) is 11.6 Å². The number of anilines is 1. The molecule has 1 N–H and O–H groups in total. The van der Waals surface area contributed by atoms with Crippen LogP contribution in [0.15, 0.2) is 36.4 Å². The molecule has 3 heteroatoms. The second kappa shape index (κ2) is 5.52. The Labute approximate surface area is 119 Å². The monoisotopic (exact) mass is 266 g/mol. The van der Waals surface area contributed by atoms with Crippen molar-refractivity contribution in [2.45, 2.75) is 12.8 Å². The molecule has 1 atom stereocenters. The Morgan fingerprint density at radius 2 is 2.00 bits per heavy atom. The third-order valence-electron chi connectivity index (χ3n) is 4.14. The van der Waals surface area contributed by atoms with Crippen LogP contribution in [-0.4, -0.2) is 24.8 Å². The molecule has 0 saturated carbocycles. The number of nitriles is 1. The summed E-state index contributed by atoms with van der Waals surface area (Å²) in [6, 6.07) is 14.3. The van der Waals surface area contributed by atoms with Crippen molar-refractivity contribution >= 4 is 16.5 Å². The lowest BCUT2D eigenvalue weighted by Crippen LogP contribution is -2.36. The number of fused-ring (bicyclic) bond motifs is 1. The summed E-state index contributed by atoms with van der Waals surface area (Å²) in [5.74, 6) is 0.359. The van der Waals surface area contributed by atoms with E-state index in [1.54, 1.807) is 0 Å². The van der Waals surface area contributed by atoms with E-state index in [1.165, 1.54) is 5.69 Å². The van der Waals surface area contributed by atoms with Gasteiger partial charge in [0.2, 0.25) is 0 Å². The molecule has 0 aromatic heterocycles. The number of aliphatic hydroxyl groups is 1. The number of benzene rings is 2. The third-order valence-corrected chi connectivity index (χ3v) is 4.14. The summed E-state index contributed by atoms with van der Waals surface area (Å²) in [5.41, 5.74) is 1.90. The van der Waals surface area contributed by atoms with Gasteiger partial charge in [0, 0.05) is 36.2 Å². The molecule has 1 aliphatic rings. The van der Waals surface area contributed by atoms with Crippen molar-refractivity contribution in [1.29, 1.82) is 5.26 Å². The first-order valence-corrected chi connectivity index (χ1v) is 7.11. The summed E-state index contributed by atoms with van der Waals surface area (Å²) in [4.78, 5) is 2.34. The topological polar surface area (TPSA) is 47.3 Å². The molecule has 1 heterocycles. The number of hydrogen-bond acceptors (Lipinski definition) is 3. The average molecular weight is 266 g/mol. The van der Waals surface area contributed by atoms with Gasteiger partial charge < -0.3 is 10.0 Å². The zero-order valence-electron chi connectivity index (χ0n) is 11.4. The van der Waals surface area contributed by atoms with Gasteiger partial charge in [-0.3, -0.25) is 0 Å². The maximum absolute atomic E-state index is 9.38. The molecular weight excluding hydrogens is 248 g/mol. The van der Waals surface area contributed by atoms with Gasteiger partial charge in [-0.05, 0) is 30.9 Å². The summed E-state index contributed by atoms with van der Waals surface area (Å²) < 4.78 is 0. The van der Waals surface area contributed by atoms with E-state index in [0.717, 1.165) is 42.3 Å².